The molecular weight excluding hydrogens is 348 g/mol. The van der Waals surface area contributed by atoms with Gasteiger partial charge in [-0.2, -0.15) is 4.98 Å². The van der Waals surface area contributed by atoms with Crippen LogP contribution in [0.2, 0.25) is 0 Å². The molecule has 148 valence electrons. The van der Waals surface area contributed by atoms with Gasteiger partial charge in [-0.3, -0.25) is 0 Å². The number of hydrogen-bond acceptors (Lipinski definition) is 8. The molecule has 3 fully saturated rings. The zero-order valence-electron chi connectivity index (χ0n) is 16.2. The number of amides is 1. The molecule has 1 aromatic heterocycles. The molecule has 3 aliphatic rings. The number of fused-ring (bicyclic) bond motifs is 2. The SMILES string of the molecule is CC(C)(C)OC(=O)NC1CCN(c2ncnc(N3C4COCC3C4)n2)CC1. The number of piperidine rings is 1. The van der Waals surface area contributed by atoms with Crippen LogP contribution in [0.1, 0.15) is 40.0 Å². The van der Waals surface area contributed by atoms with Gasteiger partial charge in [0.25, 0.3) is 0 Å². The second-order valence-corrected chi connectivity index (χ2v) is 8.48. The van der Waals surface area contributed by atoms with Crippen LogP contribution < -0.4 is 15.1 Å². The highest BCUT2D eigenvalue weighted by Gasteiger charge is 2.44. The summed E-state index contributed by atoms with van der Waals surface area (Å²) < 4.78 is 10.9. The summed E-state index contributed by atoms with van der Waals surface area (Å²) in [5, 5.41) is 2.96. The van der Waals surface area contributed by atoms with Crippen LogP contribution in [0, 0.1) is 0 Å². The summed E-state index contributed by atoms with van der Waals surface area (Å²) in [5.74, 6) is 1.46. The summed E-state index contributed by atoms with van der Waals surface area (Å²) >= 11 is 0. The molecule has 2 atom stereocenters. The Kier molecular flexibility index (Phi) is 4.79. The van der Waals surface area contributed by atoms with Crippen LogP contribution in [0.15, 0.2) is 6.33 Å². The summed E-state index contributed by atoms with van der Waals surface area (Å²) in [4.78, 5) is 29.8. The van der Waals surface area contributed by atoms with Gasteiger partial charge in [0.1, 0.15) is 11.9 Å². The molecule has 2 unspecified atom stereocenters. The fourth-order valence-electron chi connectivity index (χ4n) is 3.92. The van der Waals surface area contributed by atoms with E-state index in [0.717, 1.165) is 51.5 Å². The predicted octanol–water partition coefficient (Wildman–Crippen LogP) is 1.34. The maximum Gasteiger partial charge on any atom is 0.407 e. The molecule has 3 saturated heterocycles. The molecule has 0 aliphatic carbocycles. The minimum absolute atomic E-state index is 0.115. The van der Waals surface area contributed by atoms with Crippen LogP contribution in [-0.4, -0.2) is 71.1 Å². The number of carbonyl (C=O) groups excluding carboxylic acids is 1. The number of morpholine rings is 1. The Bertz CT molecular complexity index is 672. The Morgan fingerprint density at radius 1 is 1.19 bits per heavy atom. The first-order valence-electron chi connectivity index (χ1n) is 9.68. The molecule has 1 N–H and O–H groups in total. The lowest BCUT2D eigenvalue weighted by Gasteiger charge is -2.52. The zero-order chi connectivity index (χ0) is 19.0. The highest BCUT2D eigenvalue weighted by Crippen LogP contribution is 2.34. The van der Waals surface area contributed by atoms with E-state index in [0.29, 0.717) is 18.0 Å². The largest absolute Gasteiger partial charge is 0.444 e. The number of alkyl carbamates (subject to hydrolysis) is 1. The van der Waals surface area contributed by atoms with Crippen LogP contribution in [0.5, 0.6) is 0 Å². The quantitative estimate of drug-likeness (QED) is 0.845. The van der Waals surface area contributed by atoms with Gasteiger partial charge >= 0.3 is 6.09 Å². The standard InChI is InChI=1S/C18H28N6O3/c1-18(2,3)27-17(25)21-12-4-6-23(7-5-12)15-19-11-20-16(22-15)24-13-8-14(24)10-26-9-13/h11-14H,4-10H2,1-3H3,(H,21,25). The highest BCUT2D eigenvalue weighted by atomic mass is 16.6. The fourth-order valence-corrected chi connectivity index (χ4v) is 3.92. The molecule has 9 nitrogen and oxygen atoms in total. The molecular formula is C18H28N6O3. The van der Waals surface area contributed by atoms with Crippen molar-refractivity contribution in [1.29, 1.82) is 0 Å². The van der Waals surface area contributed by atoms with Gasteiger partial charge < -0.3 is 24.6 Å². The third-order valence-electron chi connectivity index (χ3n) is 5.23. The molecule has 0 spiro atoms. The Morgan fingerprint density at radius 3 is 2.48 bits per heavy atom. The topological polar surface area (TPSA) is 92.7 Å². The zero-order valence-corrected chi connectivity index (χ0v) is 16.2. The maximum absolute atomic E-state index is 11.9. The van der Waals surface area contributed by atoms with E-state index in [9.17, 15) is 4.79 Å². The van der Waals surface area contributed by atoms with Crippen molar-refractivity contribution in [3.8, 4) is 0 Å². The molecule has 0 aromatic carbocycles. The lowest BCUT2D eigenvalue weighted by atomic mass is 9.92. The molecule has 2 bridgehead atoms. The summed E-state index contributed by atoms with van der Waals surface area (Å²) in [6.07, 6.45) is 4.07. The van der Waals surface area contributed by atoms with E-state index in [1.165, 1.54) is 0 Å². The van der Waals surface area contributed by atoms with Gasteiger partial charge in [0.05, 0.1) is 25.3 Å². The van der Waals surface area contributed by atoms with Crippen LogP contribution in [0.25, 0.3) is 0 Å². The Labute approximate surface area is 159 Å². The number of carbonyl (C=O) groups is 1. The van der Waals surface area contributed by atoms with E-state index in [1.807, 2.05) is 20.8 Å². The first-order chi connectivity index (χ1) is 12.9. The van der Waals surface area contributed by atoms with E-state index in [2.05, 4.69) is 25.1 Å². The van der Waals surface area contributed by atoms with Crippen molar-refractivity contribution in [2.75, 3.05) is 36.1 Å². The average Bonchev–Trinajstić information content (AvgIpc) is 2.61. The monoisotopic (exact) mass is 376 g/mol. The second-order valence-electron chi connectivity index (χ2n) is 8.48. The lowest BCUT2D eigenvalue weighted by molar-refractivity contribution is 0.00904. The van der Waals surface area contributed by atoms with Crippen LogP contribution >= 0.6 is 0 Å². The Hall–Kier alpha value is -2.16. The molecule has 1 aromatic rings. The van der Waals surface area contributed by atoms with Crippen molar-refractivity contribution >= 4 is 18.0 Å². The number of rotatable bonds is 3. The van der Waals surface area contributed by atoms with Gasteiger partial charge in [-0.25, -0.2) is 14.8 Å². The summed E-state index contributed by atoms with van der Waals surface area (Å²) in [6.45, 7) is 8.68. The van der Waals surface area contributed by atoms with Gasteiger partial charge in [-0.1, -0.05) is 0 Å². The summed E-state index contributed by atoms with van der Waals surface area (Å²) in [6, 6.07) is 0.898. The van der Waals surface area contributed by atoms with Crippen molar-refractivity contribution in [2.45, 2.75) is 63.8 Å². The summed E-state index contributed by atoms with van der Waals surface area (Å²) in [5.41, 5.74) is -0.480. The number of anilines is 2. The van der Waals surface area contributed by atoms with E-state index in [4.69, 9.17) is 14.5 Å². The lowest BCUT2D eigenvalue weighted by Crippen LogP contribution is -2.64. The van der Waals surface area contributed by atoms with E-state index in [-0.39, 0.29) is 12.1 Å². The summed E-state index contributed by atoms with van der Waals surface area (Å²) in [7, 11) is 0. The van der Waals surface area contributed by atoms with Crippen LogP contribution in [0.4, 0.5) is 16.7 Å². The van der Waals surface area contributed by atoms with Gasteiger partial charge in [0, 0.05) is 19.1 Å². The average molecular weight is 376 g/mol. The predicted molar refractivity (Wildman–Crippen MR) is 99.9 cm³/mol. The Morgan fingerprint density at radius 2 is 1.85 bits per heavy atom. The molecule has 27 heavy (non-hydrogen) atoms. The highest BCUT2D eigenvalue weighted by molar-refractivity contribution is 5.68. The number of hydrogen-bond donors (Lipinski definition) is 1. The van der Waals surface area contributed by atoms with Crippen molar-refractivity contribution < 1.29 is 14.3 Å². The second kappa shape index (κ2) is 7.10. The fraction of sp³-hybridized carbons (Fsp3) is 0.778. The smallest absolute Gasteiger partial charge is 0.407 e. The van der Waals surface area contributed by atoms with E-state index < -0.39 is 5.60 Å². The van der Waals surface area contributed by atoms with E-state index >= 15 is 0 Å². The van der Waals surface area contributed by atoms with E-state index in [1.54, 1.807) is 6.33 Å². The third kappa shape index (κ3) is 4.07. The van der Waals surface area contributed by atoms with Gasteiger partial charge in [-0.15, -0.1) is 0 Å². The Balaban J connectivity index is 1.32. The minimum Gasteiger partial charge on any atom is -0.444 e. The first-order valence-corrected chi connectivity index (χ1v) is 9.68. The van der Waals surface area contributed by atoms with Crippen molar-refractivity contribution in [2.24, 2.45) is 0 Å². The molecule has 3 aliphatic heterocycles. The molecule has 4 rings (SSSR count). The van der Waals surface area contributed by atoms with Crippen LogP contribution in [-0.2, 0) is 9.47 Å². The maximum atomic E-state index is 11.9. The molecule has 0 saturated carbocycles. The van der Waals surface area contributed by atoms with Gasteiger partial charge in [0.15, 0.2) is 0 Å². The normalized spacial score (nSPS) is 25.7. The third-order valence-corrected chi connectivity index (χ3v) is 5.23. The number of nitrogens with one attached hydrogen (secondary N) is 1. The van der Waals surface area contributed by atoms with Gasteiger partial charge in [0.2, 0.25) is 11.9 Å². The first kappa shape index (κ1) is 18.2. The number of aromatic nitrogens is 3. The molecule has 1 amide bonds. The number of nitrogens with zero attached hydrogens (tertiary/aromatic N) is 5. The van der Waals surface area contributed by atoms with Crippen molar-refractivity contribution in [3.63, 3.8) is 0 Å². The van der Waals surface area contributed by atoms with Crippen molar-refractivity contribution in [3.05, 3.63) is 6.33 Å². The molecule has 4 heterocycles. The molecule has 9 heteroatoms. The molecule has 0 radical (unpaired) electrons. The van der Waals surface area contributed by atoms with Gasteiger partial charge in [-0.05, 0) is 40.0 Å². The van der Waals surface area contributed by atoms with Crippen LogP contribution in [0.3, 0.4) is 0 Å². The number of ether oxygens (including phenoxy) is 2. The van der Waals surface area contributed by atoms with Crippen molar-refractivity contribution in [1.82, 2.24) is 20.3 Å². The minimum atomic E-state index is -0.480.